The zero-order valence-corrected chi connectivity index (χ0v) is 28.1. The molecule has 6 aromatic carbocycles. The van der Waals surface area contributed by atoms with E-state index < -0.39 is 0 Å². The molecule has 0 unspecified atom stereocenters. The van der Waals surface area contributed by atoms with Gasteiger partial charge in [-0.1, -0.05) is 152 Å². The molecule has 0 aliphatic carbocycles. The zero-order valence-electron chi connectivity index (χ0n) is 27.3. The number of aryl methyl sites for hydroxylation is 6. The molecular weight excluding hydrogens is 572 g/mol. The van der Waals surface area contributed by atoms with Crippen molar-refractivity contribution in [1.29, 1.82) is 0 Å². The lowest BCUT2D eigenvalue weighted by atomic mass is 9.32. The molecule has 1 aromatic heterocycles. The van der Waals surface area contributed by atoms with Gasteiger partial charge in [0, 0.05) is 31.8 Å². The van der Waals surface area contributed by atoms with Gasteiger partial charge in [-0.2, -0.15) is 0 Å². The fraction of sp³-hybridized carbons (Fsp3) is 0.143. The summed E-state index contributed by atoms with van der Waals surface area (Å²) in [6, 6.07) is 39.6. The van der Waals surface area contributed by atoms with Crippen molar-refractivity contribution in [3.8, 4) is 5.69 Å². The number of nitrogens with zero attached hydrogens (tertiary/aromatic N) is 1. The number of para-hydroxylation sites is 2. The van der Waals surface area contributed by atoms with Crippen molar-refractivity contribution in [2.24, 2.45) is 0 Å². The Morgan fingerprint density at radius 2 is 1.04 bits per heavy atom. The number of hydrogen-bond acceptors (Lipinski definition) is 1. The molecule has 0 atom stereocenters. The minimum Gasteiger partial charge on any atom is -0.310 e. The summed E-state index contributed by atoms with van der Waals surface area (Å²) in [6.45, 7) is 14.0. The third-order valence-corrected chi connectivity index (χ3v) is 11.7. The fourth-order valence-electron chi connectivity index (χ4n) is 9.05. The van der Waals surface area contributed by atoms with Crippen LogP contribution < -0.4 is 32.8 Å². The van der Waals surface area contributed by atoms with Crippen LogP contribution in [0.3, 0.4) is 0 Å². The van der Waals surface area contributed by atoms with Gasteiger partial charge in [0.1, 0.15) is 0 Å². The highest BCUT2D eigenvalue weighted by Crippen LogP contribution is 2.36. The van der Waals surface area contributed by atoms with Crippen LogP contribution in [-0.2, 0) is 0 Å². The van der Waals surface area contributed by atoms with Crippen LogP contribution in [0.5, 0.6) is 0 Å². The van der Waals surface area contributed by atoms with Crippen LogP contribution in [0.25, 0.3) is 27.5 Å². The molecule has 46 heavy (non-hydrogen) atoms. The van der Waals surface area contributed by atoms with Gasteiger partial charge in [0.15, 0.2) is 0 Å². The maximum absolute atomic E-state index is 2.59. The molecule has 0 spiro atoms. The fourth-order valence-corrected chi connectivity index (χ4v) is 10.2. The van der Waals surface area contributed by atoms with Gasteiger partial charge in [0.2, 0.25) is 13.4 Å². The van der Waals surface area contributed by atoms with E-state index >= 15 is 0 Å². The molecular formula is C42H35B2NS. The van der Waals surface area contributed by atoms with Gasteiger partial charge in [-0.05, 0) is 70.7 Å². The van der Waals surface area contributed by atoms with Gasteiger partial charge in [-0.3, -0.25) is 0 Å². The van der Waals surface area contributed by atoms with Gasteiger partial charge in [-0.25, -0.2) is 0 Å². The first-order chi connectivity index (χ1) is 22.3. The molecule has 0 saturated heterocycles. The number of aromatic nitrogens is 1. The number of benzene rings is 6. The van der Waals surface area contributed by atoms with E-state index in [4.69, 9.17) is 0 Å². The second-order valence-corrected chi connectivity index (χ2v) is 14.8. The van der Waals surface area contributed by atoms with Crippen molar-refractivity contribution < 1.29 is 0 Å². The summed E-state index contributed by atoms with van der Waals surface area (Å²) in [6.07, 6.45) is 0. The lowest BCUT2D eigenvalue weighted by molar-refractivity contribution is 1.18. The first kappa shape index (κ1) is 27.9. The molecule has 7 aromatic rings. The maximum Gasteiger partial charge on any atom is 0.247 e. The van der Waals surface area contributed by atoms with Crippen LogP contribution in [0.4, 0.5) is 0 Å². The molecule has 0 saturated carbocycles. The second kappa shape index (κ2) is 10.0. The van der Waals surface area contributed by atoms with E-state index in [9.17, 15) is 0 Å². The monoisotopic (exact) mass is 607 g/mol. The van der Waals surface area contributed by atoms with Crippen molar-refractivity contribution in [3.63, 3.8) is 0 Å². The SMILES string of the molecule is Cc1cc(C)c(B2c3ccccc3Sc3cc4c(cc32)-n2c3ccccc3c3cccc(c32)B4c2c(C)cc(C)cc2C)c(C)c1. The summed E-state index contributed by atoms with van der Waals surface area (Å²) in [5.74, 6) is 0. The predicted octanol–water partition coefficient (Wildman–Crippen LogP) is 6.44. The van der Waals surface area contributed by atoms with Crippen LogP contribution in [0.2, 0.25) is 0 Å². The van der Waals surface area contributed by atoms with Crippen molar-refractivity contribution in [3.05, 3.63) is 137 Å². The highest BCUT2D eigenvalue weighted by molar-refractivity contribution is 8.00. The standard InChI is InChI=1S/C42H35B2NS/c1-24-18-26(3)40(27(4)19-24)43-32-14-8-10-17-38(32)46-39-23-34-37(22-35(39)43)45-36-16-9-7-12-30(36)31-13-11-15-33(42(31)45)44(34)41-28(5)20-25(2)21-29(41)6/h7-23H,1-6H3. The van der Waals surface area contributed by atoms with Gasteiger partial charge in [-0.15, -0.1) is 0 Å². The van der Waals surface area contributed by atoms with Crippen LogP contribution in [-0.4, -0.2) is 18.0 Å². The molecule has 3 heterocycles. The summed E-state index contributed by atoms with van der Waals surface area (Å²) in [7, 11) is 0. The van der Waals surface area contributed by atoms with Crippen LogP contribution in [0.15, 0.2) is 113 Å². The molecule has 0 fully saturated rings. The molecule has 0 N–H and O–H groups in total. The Kier molecular flexibility index (Phi) is 6.09. The third-order valence-electron chi connectivity index (χ3n) is 10.6. The van der Waals surface area contributed by atoms with Crippen molar-refractivity contribution >= 4 is 79.8 Å². The van der Waals surface area contributed by atoms with E-state index in [0.717, 1.165) is 0 Å². The van der Waals surface area contributed by atoms with E-state index in [1.807, 2.05) is 11.8 Å². The third kappa shape index (κ3) is 3.86. The Balaban J connectivity index is 1.43. The first-order valence-electron chi connectivity index (χ1n) is 16.4. The van der Waals surface area contributed by atoms with E-state index in [1.165, 1.54) is 103 Å². The van der Waals surface area contributed by atoms with E-state index in [2.05, 4.69) is 149 Å². The minimum atomic E-state index is 0.153. The molecule has 0 radical (unpaired) electrons. The molecule has 2 aliphatic heterocycles. The van der Waals surface area contributed by atoms with E-state index in [0.29, 0.717) is 0 Å². The molecule has 2 aliphatic rings. The topological polar surface area (TPSA) is 4.93 Å². The summed E-state index contributed by atoms with van der Waals surface area (Å²) in [5, 5.41) is 2.66. The Morgan fingerprint density at radius 1 is 0.478 bits per heavy atom. The minimum absolute atomic E-state index is 0.153. The van der Waals surface area contributed by atoms with Crippen molar-refractivity contribution in [1.82, 2.24) is 4.57 Å². The Labute approximate surface area is 276 Å². The Bertz CT molecular complexity index is 2390. The largest absolute Gasteiger partial charge is 0.310 e. The first-order valence-corrected chi connectivity index (χ1v) is 17.2. The Hall–Kier alpha value is -4.40. The van der Waals surface area contributed by atoms with E-state index in [1.54, 1.807) is 0 Å². The van der Waals surface area contributed by atoms with Gasteiger partial charge < -0.3 is 4.57 Å². The number of fused-ring (bicyclic) bond motifs is 7. The normalized spacial score (nSPS) is 13.3. The molecule has 9 rings (SSSR count). The van der Waals surface area contributed by atoms with Crippen molar-refractivity contribution in [2.75, 3.05) is 0 Å². The highest BCUT2D eigenvalue weighted by atomic mass is 32.2. The lowest BCUT2D eigenvalue weighted by Gasteiger charge is -2.34. The zero-order chi connectivity index (χ0) is 31.4. The molecule has 0 bridgehead atoms. The second-order valence-electron chi connectivity index (χ2n) is 13.7. The average Bonchev–Trinajstić information content (AvgIpc) is 3.36. The smallest absolute Gasteiger partial charge is 0.247 e. The molecule has 4 heteroatoms. The summed E-state index contributed by atoms with van der Waals surface area (Å²) in [5.41, 5.74) is 20.6. The van der Waals surface area contributed by atoms with Gasteiger partial charge >= 0.3 is 0 Å². The van der Waals surface area contributed by atoms with E-state index in [-0.39, 0.29) is 13.4 Å². The highest BCUT2D eigenvalue weighted by Gasteiger charge is 2.39. The lowest BCUT2D eigenvalue weighted by Crippen LogP contribution is -2.60. The predicted molar refractivity (Wildman–Crippen MR) is 202 cm³/mol. The van der Waals surface area contributed by atoms with Crippen LogP contribution in [0.1, 0.15) is 33.4 Å². The number of rotatable bonds is 2. The summed E-state index contributed by atoms with van der Waals surface area (Å²) in [4.78, 5) is 2.74. The molecule has 1 nitrogen and oxygen atoms in total. The van der Waals surface area contributed by atoms with Crippen LogP contribution >= 0.6 is 11.8 Å². The molecule has 0 amide bonds. The maximum atomic E-state index is 2.59. The number of hydrogen-bond donors (Lipinski definition) is 0. The quantitative estimate of drug-likeness (QED) is 0.205. The summed E-state index contributed by atoms with van der Waals surface area (Å²) >= 11 is 1.95. The van der Waals surface area contributed by atoms with Crippen LogP contribution in [0, 0.1) is 41.5 Å². The molecule has 220 valence electrons. The average molecular weight is 607 g/mol. The summed E-state index contributed by atoms with van der Waals surface area (Å²) < 4.78 is 2.59. The van der Waals surface area contributed by atoms with Gasteiger partial charge in [0.05, 0.1) is 5.52 Å². The van der Waals surface area contributed by atoms with Gasteiger partial charge in [0.25, 0.3) is 0 Å². The Morgan fingerprint density at radius 3 is 1.74 bits per heavy atom. The van der Waals surface area contributed by atoms with Crippen molar-refractivity contribution in [2.45, 2.75) is 51.3 Å².